The Balaban J connectivity index is 1.38. The van der Waals surface area contributed by atoms with Crippen LogP contribution in [0.5, 0.6) is 5.75 Å². The van der Waals surface area contributed by atoms with E-state index in [4.69, 9.17) is 4.74 Å². The van der Waals surface area contributed by atoms with Gasteiger partial charge in [0.05, 0.1) is 10.8 Å². The minimum absolute atomic E-state index is 0.00677. The molecule has 0 aliphatic carbocycles. The normalized spacial score (nSPS) is 20.9. The van der Waals surface area contributed by atoms with Crippen molar-refractivity contribution in [2.24, 2.45) is 0 Å². The second-order valence-electron chi connectivity index (χ2n) is 6.84. The van der Waals surface area contributed by atoms with Crippen molar-refractivity contribution in [1.82, 2.24) is 10.2 Å². The van der Waals surface area contributed by atoms with Crippen molar-refractivity contribution in [2.45, 2.75) is 24.8 Å². The Morgan fingerprint density at radius 2 is 1.83 bits per heavy atom. The molecule has 2 heterocycles. The standard InChI is InChI=1S/C21H21N3O4S/c1-2-24-18(22-16-6-4-3-5-15(16)20(24)26)12-28-14-9-7-13(8-10-14)11-17-19(25)23-21(27)29-17/h3-10,17-18,22H,2,11-12H2,1H3,(H,23,25,27). The molecule has 8 heteroatoms. The van der Waals surface area contributed by atoms with Gasteiger partial charge < -0.3 is 15.0 Å². The summed E-state index contributed by atoms with van der Waals surface area (Å²) >= 11 is 1.02. The van der Waals surface area contributed by atoms with E-state index in [0.29, 0.717) is 30.9 Å². The fourth-order valence-electron chi connectivity index (χ4n) is 3.48. The molecule has 0 radical (unpaired) electrons. The Labute approximate surface area is 172 Å². The molecule has 1 saturated heterocycles. The number of rotatable bonds is 6. The van der Waals surface area contributed by atoms with E-state index in [0.717, 1.165) is 23.0 Å². The van der Waals surface area contributed by atoms with Gasteiger partial charge >= 0.3 is 0 Å². The highest BCUT2D eigenvalue weighted by Gasteiger charge is 2.32. The number of thioether (sulfide) groups is 1. The summed E-state index contributed by atoms with van der Waals surface area (Å²) in [6.45, 7) is 2.83. The number of hydrogen-bond acceptors (Lipinski definition) is 6. The number of nitrogens with zero attached hydrogens (tertiary/aromatic N) is 1. The quantitative estimate of drug-likeness (QED) is 0.760. The number of nitrogens with one attached hydrogen (secondary N) is 2. The van der Waals surface area contributed by atoms with Crippen molar-refractivity contribution >= 4 is 34.5 Å². The van der Waals surface area contributed by atoms with Gasteiger partial charge in [0.15, 0.2) is 0 Å². The van der Waals surface area contributed by atoms with Gasteiger partial charge in [0, 0.05) is 12.2 Å². The molecule has 0 bridgehead atoms. The molecule has 2 unspecified atom stereocenters. The van der Waals surface area contributed by atoms with Gasteiger partial charge in [-0.15, -0.1) is 0 Å². The van der Waals surface area contributed by atoms with Crippen molar-refractivity contribution in [1.29, 1.82) is 0 Å². The van der Waals surface area contributed by atoms with Gasteiger partial charge in [0.1, 0.15) is 18.5 Å². The van der Waals surface area contributed by atoms with Gasteiger partial charge in [-0.25, -0.2) is 0 Å². The number of para-hydroxylation sites is 1. The summed E-state index contributed by atoms with van der Waals surface area (Å²) < 4.78 is 5.91. The fraction of sp³-hybridized carbons (Fsp3) is 0.286. The third-order valence-corrected chi connectivity index (χ3v) is 5.96. The lowest BCUT2D eigenvalue weighted by atomic mass is 10.1. The predicted molar refractivity (Wildman–Crippen MR) is 111 cm³/mol. The van der Waals surface area contributed by atoms with E-state index in [1.165, 1.54) is 0 Å². The Morgan fingerprint density at radius 1 is 1.07 bits per heavy atom. The number of carbonyl (C=O) groups excluding carboxylic acids is 3. The van der Waals surface area contributed by atoms with Crippen LogP contribution in [0.15, 0.2) is 48.5 Å². The average molecular weight is 411 g/mol. The highest BCUT2D eigenvalue weighted by atomic mass is 32.2. The highest BCUT2D eigenvalue weighted by molar-refractivity contribution is 8.15. The van der Waals surface area contributed by atoms with Gasteiger partial charge in [-0.1, -0.05) is 36.0 Å². The van der Waals surface area contributed by atoms with E-state index in [9.17, 15) is 14.4 Å². The molecule has 4 rings (SSSR count). The highest BCUT2D eigenvalue weighted by Crippen LogP contribution is 2.26. The minimum atomic E-state index is -0.384. The third-order valence-electron chi connectivity index (χ3n) is 4.98. The van der Waals surface area contributed by atoms with Crippen LogP contribution in [-0.2, 0) is 11.2 Å². The summed E-state index contributed by atoms with van der Waals surface area (Å²) in [5.74, 6) is 0.429. The lowest BCUT2D eigenvalue weighted by molar-refractivity contribution is -0.118. The van der Waals surface area contributed by atoms with Crippen LogP contribution in [0.4, 0.5) is 10.5 Å². The zero-order valence-electron chi connectivity index (χ0n) is 15.9. The molecule has 1 fully saturated rings. The molecule has 2 aromatic carbocycles. The van der Waals surface area contributed by atoms with Gasteiger partial charge in [0.25, 0.3) is 11.1 Å². The van der Waals surface area contributed by atoms with Crippen LogP contribution >= 0.6 is 11.8 Å². The first-order valence-corrected chi connectivity index (χ1v) is 10.3. The van der Waals surface area contributed by atoms with Gasteiger partial charge in [-0.05, 0) is 43.2 Å². The summed E-state index contributed by atoms with van der Waals surface area (Å²) in [4.78, 5) is 37.4. The van der Waals surface area contributed by atoms with Crippen molar-refractivity contribution < 1.29 is 19.1 Å². The molecule has 0 saturated carbocycles. The second-order valence-corrected chi connectivity index (χ2v) is 8.01. The van der Waals surface area contributed by atoms with Gasteiger partial charge in [-0.3, -0.25) is 19.7 Å². The molecule has 0 aromatic heterocycles. The van der Waals surface area contributed by atoms with Crippen LogP contribution in [0.1, 0.15) is 22.8 Å². The number of imide groups is 1. The Morgan fingerprint density at radius 3 is 2.52 bits per heavy atom. The molecule has 2 aliphatic heterocycles. The summed E-state index contributed by atoms with van der Waals surface area (Å²) in [6.07, 6.45) is 0.230. The van der Waals surface area contributed by atoms with E-state index in [2.05, 4.69) is 10.6 Å². The minimum Gasteiger partial charge on any atom is -0.489 e. The van der Waals surface area contributed by atoms with Crippen molar-refractivity contribution in [2.75, 3.05) is 18.5 Å². The van der Waals surface area contributed by atoms with Crippen LogP contribution in [0, 0.1) is 0 Å². The first-order chi connectivity index (χ1) is 14.0. The lowest BCUT2D eigenvalue weighted by Gasteiger charge is -2.37. The maximum atomic E-state index is 12.7. The van der Waals surface area contributed by atoms with E-state index >= 15 is 0 Å². The molecule has 2 atom stereocenters. The summed E-state index contributed by atoms with van der Waals surface area (Å²) in [6, 6.07) is 14.9. The number of hydrogen-bond donors (Lipinski definition) is 2. The Kier molecular flexibility index (Phi) is 5.44. The molecule has 2 N–H and O–H groups in total. The summed E-state index contributed by atoms with van der Waals surface area (Å²) in [5.41, 5.74) is 2.44. The largest absolute Gasteiger partial charge is 0.489 e. The van der Waals surface area contributed by atoms with Crippen LogP contribution in [0.3, 0.4) is 0 Å². The van der Waals surface area contributed by atoms with Crippen LogP contribution < -0.4 is 15.4 Å². The molecule has 150 valence electrons. The lowest BCUT2D eigenvalue weighted by Crippen LogP contribution is -2.51. The van der Waals surface area contributed by atoms with Crippen molar-refractivity contribution in [3.63, 3.8) is 0 Å². The molecule has 2 aliphatic rings. The topological polar surface area (TPSA) is 87.7 Å². The monoisotopic (exact) mass is 411 g/mol. The number of fused-ring (bicyclic) bond motifs is 1. The predicted octanol–water partition coefficient (Wildman–Crippen LogP) is 2.87. The first kappa shape index (κ1) is 19.3. The molecular formula is C21H21N3O4S. The van der Waals surface area contributed by atoms with E-state index in [-0.39, 0.29) is 28.5 Å². The Hall–Kier alpha value is -3.00. The first-order valence-electron chi connectivity index (χ1n) is 9.45. The van der Waals surface area contributed by atoms with E-state index in [1.807, 2.05) is 55.5 Å². The SMILES string of the molecule is CCN1C(=O)c2ccccc2NC1COc1ccc(CC2SC(=O)NC2=O)cc1. The average Bonchev–Trinajstić information content (AvgIpc) is 3.04. The molecule has 29 heavy (non-hydrogen) atoms. The van der Waals surface area contributed by atoms with E-state index in [1.54, 1.807) is 4.90 Å². The van der Waals surface area contributed by atoms with Crippen molar-refractivity contribution in [3.05, 3.63) is 59.7 Å². The summed E-state index contributed by atoms with van der Waals surface area (Å²) in [5, 5.41) is 4.99. The van der Waals surface area contributed by atoms with Gasteiger partial charge in [-0.2, -0.15) is 0 Å². The third kappa shape index (κ3) is 4.07. The molecule has 0 spiro atoms. The van der Waals surface area contributed by atoms with Crippen LogP contribution in [-0.4, -0.2) is 46.5 Å². The molecular weight excluding hydrogens is 390 g/mol. The second kappa shape index (κ2) is 8.16. The number of ether oxygens (including phenoxy) is 1. The van der Waals surface area contributed by atoms with Crippen LogP contribution in [0.25, 0.3) is 0 Å². The number of likely N-dealkylation sites (N-methyl/N-ethyl adjacent to an activating group) is 1. The van der Waals surface area contributed by atoms with Gasteiger partial charge in [0.2, 0.25) is 5.91 Å². The fourth-order valence-corrected chi connectivity index (χ4v) is 4.34. The number of benzene rings is 2. The smallest absolute Gasteiger partial charge is 0.286 e. The maximum Gasteiger partial charge on any atom is 0.286 e. The summed E-state index contributed by atoms with van der Waals surface area (Å²) in [7, 11) is 0. The van der Waals surface area contributed by atoms with Crippen molar-refractivity contribution in [3.8, 4) is 5.75 Å². The zero-order valence-corrected chi connectivity index (χ0v) is 16.7. The number of carbonyl (C=O) groups is 3. The number of anilines is 1. The molecule has 2 aromatic rings. The molecule has 7 nitrogen and oxygen atoms in total. The van der Waals surface area contributed by atoms with E-state index < -0.39 is 0 Å². The number of amides is 3. The zero-order chi connectivity index (χ0) is 20.4. The maximum absolute atomic E-state index is 12.7. The van der Waals surface area contributed by atoms with Crippen LogP contribution in [0.2, 0.25) is 0 Å². The molecule has 3 amide bonds. The Bertz CT molecular complexity index is 947.